The Morgan fingerprint density at radius 2 is 1.09 bits per heavy atom. The first-order valence-corrected chi connectivity index (χ1v) is 7.87. The molecule has 0 amide bonds. The molecule has 8 nitrogen and oxygen atoms in total. The van der Waals surface area contributed by atoms with Crippen molar-refractivity contribution >= 4 is 23.2 Å². The standard InChI is InChI=1S/C12H25Cl2NO7.CH4/c13-1-7(17)3-15(4-8(18)2-14)5-9(19)11(21)12(22)10(20)6-16;/h7-12,16-22H,1-6H2;1H4. The van der Waals surface area contributed by atoms with Crippen LogP contribution in [0.4, 0.5) is 0 Å². The minimum absolute atomic E-state index is 0. The van der Waals surface area contributed by atoms with Gasteiger partial charge >= 0.3 is 0 Å². The third-order valence-corrected chi connectivity index (χ3v) is 3.78. The summed E-state index contributed by atoms with van der Waals surface area (Å²) in [6, 6.07) is 0. The van der Waals surface area contributed by atoms with Crippen molar-refractivity contribution in [2.24, 2.45) is 0 Å². The normalized spacial score (nSPS) is 19.6. The molecule has 6 unspecified atom stereocenters. The van der Waals surface area contributed by atoms with Crippen LogP contribution in [0.25, 0.3) is 0 Å². The van der Waals surface area contributed by atoms with Crippen LogP contribution in [0, 0.1) is 0 Å². The Morgan fingerprint density at radius 3 is 1.43 bits per heavy atom. The van der Waals surface area contributed by atoms with Gasteiger partial charge in [0.15, 0.2) is 0 Å². The Bertz CT molecular complexity index is 279. The Labute approximate surface area is 146 Å². The van der Waals surface area contributed by atoms with E-state index >= 15 is 0 Å². The molecule has 142 valence electrons. The minimum Gasteiger partial charge on any atom is -0.394 e. The Balaban J connectivity index is 0. The topological polar surface area (TPSA) is 145 Å². The lowest BCUT2D eigenvalue weighted by atomic mass is 10.0. The smallest absolute Gasteiger partial charge is 0.111 e. The van der Waals surface area contributed by atoms with Gasteiger partial charge in [0.1, 0.15) is 18.3 Å². The first-order chi connectivity index (χ1) is 10.3. The van der Waals surface area contributed by atoms with Crippen molar-refractivity contribution in [1.82, 2.24) is 4.90 Å². The van der Waals surface area contributed by atoms with E-state index < -0.39 is 43.2 Å². The molecule has 0 radical (unpaired) electrons. The molecular formula is C13H29Cl2NO7. The third kappa shape index (κ3) is 9.98. The molecular weight excluding hydrogens is 353 g/mol. The summed E-state index contributed by atoms with van der Waals surface area (Å²) in [6.07, 6.45) is -8.37. The van der Waals surface area contributed by atoms with Gasteiger partial charge in [-0.15, -0.1) is 23.2 Å². The molecule has 0 aliphatic carbocycles. The van der Waals surface area contributed by atoms with Gasteiger partial charge in [-0.3, -0.25) is 4.90 Å². The second-order valence-corrected chi connectivity index (χ2v) is 5.75. The number of halogens is 2. The summed E-state index contributed by atoms with van der Waals surface area (Å²) >= 11 is 11.0. The van der Waals surface area contributed by atoms with Gasteiger partial charge in [0, 0.05) is 31.4 Å². The fourth-order valence-corrected chi connectivity index (χ4v) is 2.05. The number of hydrogen-bond acceptors (Lipinski definition) is 8. The van der Waals surface area contributed by atoms with Gasteiger partial charge in [-0.25, -0.2) is 0 Å². The van der Waals surface area contributed by atoms with E-state index in [0.717, 1.165) is 0 Å². The molecule has 0 bridgehead atoms. The highest BCUT2D eigenvalue weighted by Gasteiger charge is 2.31. The Hall–Kier alpha value is 0.260. The molecule has 0 aliphatic heterocycles. The number of aliphatic hydroxyl groups is 7. The van der Waals surface area contributed by atoms with Crippen LogP contribution in [0.1, 0.15) is 7.43 Å². The zero-order valence-electron chi connectivity index (χ0n) is 12.0. The SMILES string of the molecule is C.OCC(O)C(O)C(O)C(O)CN(CC(O)CCl)CC(O)CCl. The van der Waals surface area contributed by atoms with Crippen molar-refractivity contribution in [3.63, 3.8) is 0 Å². The van der Waals surface area contributed by atoms with Gasteiger partial charge in [-0.1, -0.05) is 7.43 Å². The van der Waals surface area contributed by atoms with Gasteiger partial charge in [0.2, 0.25) is 0 Å². The molecule has 0 heterocycles. The summed E-state index contributed by atoms with van der Waals surface area (Å²) in [5, 5.41) is 66.2. The monoisotopic (exact) mass is 381 g/mol. The molecule has 0 spiro atoms. The zero-order valence-corrected chi connectivity index (χ0v) is 13.6. The van der Waals surface area contributed by atoms with E-state index in [1.165, 1.54) is 4.90 Å². The second kappa shape index (κ2) is 13.5. The number of aliphatic hydroxyl groups excluding tert-OH is 7. The molecule has 10 heteroatoms. The van der Waals surface area contributed by atoms with Crippen LogP contribution >= 0.6 is 23.2 Å². The number of rotatable bonds is 12. The van der Waals surface area contributed by atoms with Crippen molar-refractivity contribution < 1.29 is 35.7 Å². The van der Waals surface area contributed by atoms with Crippen molar-refractivity contribution in [3.8, 4) is 0 Å². The summed E-state index contributed by atoms with van der Waals surface area (Å²) in [5.74, 6) is -0.115. The number of hydrogen-bond donors (Lipinski definition) is 7. The van der Waals surface area contributed by atoms with E-state index in [9.17, 15) is 30.6 Å². The van der Waals surface area contributed by atoms with E-state index in [0.29, 0.717) is 0 Å². The largest absolute Gasteiger partial charge is 0.394 e. The predicted molar refractivity (Wildman–Crippen MR) is 87.7 cm³/mol. The van der Waals surface area contributed by atoms with Crippen molar-refractivity contribution in [2.45, 2.75) is 44.1 Å². The van der Waals surface area contributed by atoms with E-state index in [-0.39, 0.29) is 38.8 Å². The lowest BCUT2D eigenvalue weighted by Gasteiger charge is -2.32. The second-order valence-electron chi connectivity index (χ2n) is 5.13. The Kier molecular flexibility index (Phi) is 15.0. The molecule has 0 aromatic carbocycles. The average Bonchev–Trinajstić information content (AvgIpc) is 2.51. The molecule has 23 heavy (non-hydrogen) atoms. The minimum atomic E-state index is -1.74. The third-order valence-electron chi connectivity index (χ3n) is 3.06. The maximum absolute atomic E-state index is 9.90. The van der Waals surface area contributed by atoms with Crippen LogP contribution < -0.4 is 0 Å². The average molecular weight is 382 g/mol. The summed E-state index contributed by atoms with van der Waals surface area (Å²) in [7, 11) is 0. The molecule has 0 aromatic rings. The fraction of sp³-hybridized carbons (Fsp3) is 1.00. The van der Waals surface area contributed by atoms with E-state index in [1.807, 2.05) is 0 Å². The highest BCUT2D eigenvalue weighted by Crippen LogP contribution is 2.08. The van der Waals surface area contributed by atoms with Crippen molar-refractivity contribution in [2.75, 3.05) is 38.0 Å². The summed E-state index contributed by atoms with van der Waals surface area (Å²) in [5.41, 5.74) is 0. The van der Waals surface area contributed by atoms with E-state index in [2.05, 4.69) is 0 Å². The lowest BCUT2D eigenvalue weighted by Crippen LogP contribution is -2.51. The van der Waals surface area contributed by atoms with Gasteiger partial charge < -0.3 is 35.7 Å². The molecule has 7 N–H and O–H groups in total. The van der Waals surface area contributed by atoms with Crippen LogP contribution in [0.5, 0.6) is 0 Å². The fourth-order valence-electron chi connectivity index (χ4n) is 1.85. The first-order valence-electron chi connectivity index (χ1n) is 6.80. The summed E-state index contributed by atoms with van der Waals surface area (Å²) in [4.78, 5) is 1.42. The number of alkyl halides is 2. The zero-order chi connectivity index (χ0) is 17.3. The van der Waals surface area contributed by atoms with Gasteiger partial charge in [0.25, 0.3) is 0 Å². The maximum atomic E-state index is 9.90. The molecule has 0 rings (SSSR count). The summed E-state index contributed by atoms with van der Waals surface area (Å²) < 4.78 is 0. The van der Waals surface area contributed by atoms with Crippen LogP contribution in [0.3, 0.4) is 0 Å². The maximum Gasteiger partial charge on any atom is 0.111 e. The highest BCUT2D eigenvalue weighted by molar-refractivity contribution is 6.18. The van der Waals surface area contributed by atoms with Crippen LogP contribution in [-0.4, -0.2) is 115 Å². The summed E-state index contributed by atoms with van der Waals surface area (Å²) in [6.45, 7) is -0.956. The highest BCUT2D eigenvalue weighted by atomic mass is 35.5. The van der Waals surface area contributed by atoms with Crippen LogP contribution in [0.2, 0.25) is 0 Å². The van der Waals surface area contributed by atoms with E-state index in [4.69, 9.17) is 28.3 Å². The van der Waals surface area contributed by atoms with E-state index in [1.54, 1.807) is 0 Å². The molecule has 0 aliphatic rings. The predicted octanol–water partition coefficient (Wildman–Crippen LogP) is -2.44. The molecule has 0 saturated heterocycles. The van der Waals surface area contributed by atoms with Crippen molar-refractivity contribution in [3.05, 3.63) is 0 Å². The van der Waals surface area contributed by atoms with Gasteiger partial charge in [-0.05, 0) is 0 Å². The molecule has 0 fully saturated rings. The quantitative estimate of drug-likeness (QED) is 0.184. The van der Waals surface area contributed by atoms with Gasteiger partial charge in [0.05, 0.1) is 24.9 Å². The lowest BCUT2D eigenvalue weighted by molar-refractivity contribution is -0.121. The number of nitrogens with zero attached hydrogens (tertiary/aromatic N) is 1. The molecule has 0 aromatic heterocycles. The Morgan fingerprint density at radius 1 is 0.696 bits per heavy atom. The van der Waals surface area contributed by atoms with Gasteiger partial charge in [-0.2, -0.15) is 0 Å². The molecule has 0 saturated carbocycles. The van der Waals surface area contributed by atoms with Crippen LogP contribution in [0.15, 0.2) is 0 Å². The molecule has 6 atom stereocenters. The first kappa shape index (κ1) is 25.5. The van der Waals surface area contributed by atoms with Crippen LogP contribution in [-0.2, 0) is 0 Å². The van der Waals surface area contributed by atoms with Crippen molar-refractivity contribution in [1.29, 1.82) is 0 Å².